The second-order valence-corrected chi connectivity index (χ2v) is 5.59. The van der Waals surface area contributed by atoms with E-state index < -0.39 is 18.0 Å². The van der Waals surface area contributed by atoms with Crippen molar-refractivity contribution >= 4 is 17.6 Å². The van der Waals surface area contributed by atoms with E-state index in [0.717, 1.165) is 5.56 Å². The second kappa shape index (κ2) is 7.57. The van der Waals surface area contributed by atoms with Crippen LogP contribution in [0.3, 0.4) is 0 Å². The highest BCUT2D eigenvalue weighted by Gasteiger charge is 2.18. The zero-order valence-corrected chi connectivity index (χ0v) is 13.7. The number of amides is 3. The Balaban J connectivity index is 1.48. The standard InChI is InChI=1S/C18H19N3O4/c1-12(20-14-7-8-15-16(9-14)25-11-24-15)17(22)21-18(23)19-10-13-5-3-2-4-6-13/h2-9,12,20H,10-11H2,1H3,(H2,19,21,22,23)/t12-/m1/s1. The molecule has 1 heterocycles. The summed E-state index contributed by atoms with van der Waals surface area (Å²) in [6, 6.07) is 13.6. The maximum absolute atomic E-state index is 12.1. The number of rotatable bonds is 5. The molecule has 25 heavy (non-hydrogen) atoms. The fourth-order valence-electron chi connectivity index (χ4n) is 2.34. The summed E-state index contributed by atoms with van der Waals surface area (Å²) in [7, 11) is 0. The van der Waals surface area contributed by atoms with Gasteiger partial charge in [0.2, 0.25) is 12.7 Å². The molecule has 0 bridgehead atoms. The summed E-state index contributed by atoms with van der Waals surface area (Å²) in [5, 5.41) is 7.99. The molecular weight excluding hydrogens is 322 g/mol. The van der Waals surface area contributed by atoms with Crippen LogP contribution in [0.2, 0.25) is 0 Å². The van der Waals surface area contributed by atoms with Crippen LogP contribution in [0, 0.1) is 0 Å². The molecule has 0 saturated heterocycles. The van der Waals surface area contributed by atoms with E-state index in [1.54, 1.807) is 25.1 Å². The summed E-state index contributed by atoms with van der Waals surface area (Å²) in [6.45, 7) is 2.21. The molecule has 0 aliphatic carbocycles. The molecule has 3 rings (SSSR count). The molecule has 7 nitrogen and oxygen atoms in total. The predicted octanol–water partition coefficient (Wildman–Crippen LogP) is 2.24. The molecule has 0 fully saturated rings. The van der Waals surface area contributed by atoms with Gasteiger partial charge in [-0.05, 0) is 24.6 Å². The van der Waals surface area contributed by atoms with Crippen molar-refractivity contribution in [3.05, 3.63) is 54.1 Å². The first-order valence-electron chi connectivity index (χ1n) is 7.90. The highest BCUT2D eigenvalue weighted by Crippen LogP contribution is 2.34. The average Bonchev–Trinajstić information content (AvgIpc) is 3.08. The Morgan fingerprint density at radius 3 is 2.64 bits per heavy atom. The lowest BCUT2D eigenvalue weighted by Gasteiger charge is -2.15. The first-order chi connectivity index (χ1) is 12.1. The van der Waals surface area contributed by atoms with E-state index in [1.807, 2.05) is 30.3 Å². The molecule has 0 saturated carbocycles. The Morgan fingerprint density at radius 2 is 1.84 bits per heavy atom. The van der Waals surface area contributed by atoms with Gasteiger partial charge in [0, 0.05) is 18.3 Å². The highest BCUT2D eigenvalue weighted by molar-refractivity contribution is 5.98. The Morgan fingerprint density at radius 1 is 1.08 bits per heavy atom. The predicted molar refractivity (Wildman–Crippen MR) is 92.5 cm³/mol. The van der Waals surface area contributed by atoms with Crippen LogP contribution in [0.4, 0.5) is 10.5 Å². The number of carbonyl (C=O) groups is 2. The van der Waals surface area contributed by atoms with Crippen molar-refractivity contribution in [2.45, 2.75) is 19.5 Å². The molecule has 1 aliphatic rings. The molecular formula is C18H19N3O4. The number of imide groups is 1. The normalized spacial score (nSPS) is 13.0. The van der Waals surface area contributed by atoms with Crippen LogP contribution in [-0.2, 0) is 11.3 Å². The molecule has 1 atom stereocenters. The minimum absolute atomic E-state index is 0.191. The number of urea groups is 1. The van der Waals surface area contributed by atoms with Gasteiger partial charge >= 0.3 is 6.03 Å². The fraction of sp³-hybridized carbons (Fsp3) is 0.222. The molecule has 3 amide bonds. The van der Waals surface area contributed by atoms with E-state index in [1.165, 1.54) is 0 Å². The molecule has 0 spiro atoms. The zero-order valence-electron chi connectivity index (χ0n) is 13.7. The Labute approximate surface area is 145 Å². The summed E-state index contributed by atoms with van der Waals surface area (Å²) < 4.78 is 10.5. The Hall–Kier alpha value is -3.22. The third-order valence-corrected chi connectivity index (χ3v) is 3.68. The first-order valence-corrected chi connectivity index (χ1v) is 7.90. The van der Waals surface area contributed by atoms with Crippen molar-refractivity contribution < 1.29 is 19.1 Å². The number of benzene rings is 2. The third-order valence-electron chi connectivity index (χ3n) is 3.68. The van der Waals surface area contributed by atoms with Crippen molar-refractivity contribution in [2.75, 3.05) is 12.1 Å². The first kappa shape index (κ1) is 16.6. The van der Waals surface area contributed by atoms with E-state index in [2.05, 4.69) is 16.0 Å². The minimum Gasteiger partial charge on any atom is -0.454 e. The van der Waals surface area contributed by atoms with Crippen molar-refractivity contribution in [2.24, 2.45) is 0 Å². The second-order valence-electron chi connectivity index (χ2n) is 5.59. The van der Waals surface area contributed by atoms with Crippen molar-refractivity contribution in [1.29, 1.82) is 0 Å². The molecule has 2 aromatic carbocycles. The quantitative estimate of drug-likeness (QED) is 0.776. The van der Waals surface area contributed by atoms with Gasteiger partial charge in [0.15, 0.2) is 11.5 Å². The van der Waals surface area contributed by atoms with Gasteiger partial charge in [-0.1, -0.05) is 30.3 Å². The van der Waals surface area contributed by atoms with Crippen LogP contribution in [0.5, 0.6) is 11.5 Å². The van der Waals surface area contributed by atoms with E-state index in [0.29, 0.717) is 23.7 Å². The van der Waals surface area contributed by atoms with E-state index >= 15 is 0 Å². The number of ether oxygens (including phenoxy) is 2. The lowest BCUT2D eigenvalue weighted by atomic mass is 10.2. The molecule has 0 radical (unpaired) electrons. The van der Waals surface area contributed by atoms with E-state index in [-0.39, 0.29) is 6.79 Å². The van der Waals surface area contributed by atoms with Gasteiger partial charge in [-0.15, -0.1) is 0 Å². The summed E-state index contributed by atoms with van der Waals surface area (Å²) in [5.41, 5.74) is 1.66. The summed E-state index contributed by atoms with van der Waals surface area (Å²) in [4.78, 5) is 23.9. The molecule has 3 N–H and O–H groups in total. The van der Waals surface area contributed by atoms with Crippen LogP contribution in [0.15, 0.2) is 48.5 Å². The summed E-state index contributed by atoms with van der Waals surface area (Å²) >= 11 is 0. The van der Waals surface area contributed by atoms with Crippen molar-refractivity contribution in [1.82, 2.24) is 10.6 Å². The largest absolute Gasteiger partial charge is 0.454 e. The fourth-order valence-corrected chi connectivity index (χ4v) is 2.34. The number of hydrogen-bond donors (Lipinski definition) is 3. The van der Waals surface area contributed by atoms with Gasteiger partial charge in [0.25, 0.3) is 0 Å². The highest BCUT2D eigenvalue weighted by atomic mass is 16.7. The molecule has 7 heteroatoms. The smallest absolute Gasteiger partial charge is 0.321 e. The van der Waals surface area contributed by atoms with E-state index in [4.69, 9.17) is 9.47 Å². The number of nitrogens with one attached hydrogen (secondary N) is 3. The maximum atomic E-state index is 12.1. The van der Waals surface area contributed by atoms with Gasteiger partial charge in [0.05, 0.1) is 0 Å². The van der Waals surface area contributed by atoms with Crippen LogP contribution in [0.1, 0.15) is 12.5 Å². The van der Waals surface area contributed by atoms with Gasteiger partial charge in [0.1, 0.15) is 6.04 Å². The van der Waals surface area contributed by atoms with Crippen LogP contribution >= 0.6 is 0 Å². The zero-order chi connectivity index (χ0) is 17.6. The average molecular weight is 341 g/mol. The Bertz CT molecular complexity index is 764. The molecule has 0 aromatic heterocycles. The van der Waals surface area contributed by atoms with Crippen molar-refractivity contribution in [3.8, 4) is 11.5 Å². The lowest BCUT2D eigenvalue weighted by molar-refractivity contribution is -0.120. The van der Waals surface area contributed by atoms with Crippen LogP contribution in [0.25, 0.3) is 0 Å². The topological polar surface area (TPSA) is 88.7 Å². The molecule has 130 valence electrons. The number of fused-ring (bicyclic) bond motifs is 1. The van der Waals surface area contributed by atoms with Gasteiger partial charge in [-0.2, -0.15) is 0 Å². The van der Waals surface area contributed by atoms with Gasteiger partial charge in [-0.25, -0.2) is 4.79 Å². The van der Waals surface area contributed by atoms with E-state index in [9.17, 15) is 9.59 Å². The molecule has 0 unspecified atom stereocenters. The number of hydrogen-bond acceptors (Lipinski definition) is 5. The van der Waals surface area contributed by atoms with Crippen LogP contribution in [-0.4, -0.2) is 24.8 Å². The number of anilines is 1. The SMILES string of the molecule is C[C@@H](Nc1ccc2c(c1)OCO2)C(=O)NC(=O)NCc1ccccc1. The minimum atomic E-state index is -0.595. The van der Waals surface area contributed by atoms with Gasteiger partial charge in [-0.3, -0.25) is 10.1 Å². The third kappa shape index (κ3) is 4.41. The van der Waals surface area contributed by atoms with Crippen LogP contribution < -0.4 is 25.4 Å². The Kier molecular flexibility index (Phi) is 5.03. The summed E-state index contributed by atoms with van der Waals surface area (Å²) in [5.74, 6) is 0.865. The monoisotopic (exact) mass is 341 g/mol. The maximum Gasteiger partial charge on any atom is 0.321 e. The van der Waals surface area contributed by atoms with Gasteiger partial charge < -0.3 is 20.1 Å². The number of carbonyl (C=O) groups excluding carboxylic acids is 2. The molecule has 1 aliphatic heterocycles. The lowest BCUT2D eigenvalue weighted by Crippen LogP contribution is -2.45. The van der Waals surface area contributed by atoms with Crippen molar-refractivity contribution in [3.63, 3.8) is 0 Å². The molecule has 2 aromatic rings. The summed E-state index contributed by atoms with van der Waals surface area (Å²) in [6.07, 6.45) is 0.